The van der Waals surface area contributed by atoms with Crippen LogP contribution in [0.4, 0.5) is 0 Å². The second kappa shape index (κ2) is 14.7. The van der Waals surface area contributed by atoms with Gasteiger partial charge in [0.2, 0.25) is 0 Å². The van der Waals surface area contributed by atoms with E-state index in [0.29, 0.717) is 12.5 Å². The van der Waals surface area contributed by atoms with E-state index in [4.69, 9.17) is 5.11 Å². The molecule has 0 amide bonds. The van der Waals surface area contributed by atoms with Crippen molar-refractivity contribution in [3.8, 4) is 0 Å². The Morgan fingerprint density at radius 1 is 0.933 bits per heavy atom. The van der Waals surface area contributed by atoms with Gasteiger partial charge in [0.05, 0.1) is 0 Å². The summed E-state index contributed by atoms with van der Waals surface area (Å²) < 4.78 is 0. The van der Waals surface area contributed by atoms with E-state index >= 15 is 0 Å². The molecule has 2 heterocycles. The zero-order valence-electron chi connectivity index (χ0n) is 19.7. The largest absolute Gasteiger partial charge is 0.396 e. The van der Waals surface area contributed by atoms with Crippen molar-refractivity contribution < 1.29 is 5.11 Å². The lowest BCUT2D eigenvalue weighted by molar-refractivity contribution is 0.120. The van der Waals surface area contributed by atoms with E-state index in [1.54, 1.807) is 0 Å². The molecule has 1 aromatic rings. The summed E-state index contributed by atoms with van der Waals surface area (Å²) in [4.78, 5) is 7.48. The zero-order valence-corrected chi connectivity index (χ0v) is 19.7. The SMILES string of the molecule is C/C=C\CN1CCCC1.CCC(C)c1ccc(CN2CCN(CCCO)CC2)cc1. The smallest absolute Gasteiger partial charge is 0.0443 e. The van der Waals surface area contributed by atoms with Gasteiger partial charge in [0, 0.05) is 52.4 Å². The summed E-state index contributed by atoms with van der Waals surface area (Å²) in [5.41, 5.74) is 2.88. The third kappa shape index (κ3) is 9.30. The molecule has 3 rings (SSSR count). The maximum atomic E-state index is 8.89. The first kappa shape index (κ1) is 25.1. The highest BCUT2D eigenvalue weighted by Gasteiger charge is 2.16. The van der Waals surface area contributed by atoms with Crippen LogP contribution < -0.4 is 0 Å². The molecule has 4 heteroatoms. The van der Waals surface area contributed by atoms with Crippen LogP contribution in [-0.2, 0) is 6.54 Å². The van der Waals surface area contributed by atoms with Crippen molar-refractivity contribution in [2.45, 2.75) is 58.9 Å². The van der Waals surface area contributed by atoms with Crippen LogP contribution in [0.1, 0.15) is 63.5 Å². The van der Waals surface area contributed by atoms with Gasteiger partial charge in [-0.05, 0) is 62.7 Å². The monoisotopic (exact) mass is 415 g/mol. The maximum Gasteiger partial charge on any atom is 0.0443 e. The molecule has 0 aliphatic carbocycles. The maximum absolute atomic E-state index is 8.89. The average molecular weight is 416 g/mol. The minimum atomic E-state index is 0.308. The van der Waals surface area contributed by atoms with E-state index in [2.05, 4.69) is 71.9 Å². The van der Waals surface area contributed by atoms with Crippen molar-refractivity contribution in [1.29, 1.82) is 0 Å². The number of hydrogen-bond acceptors (Lipinski definition) is 4. The van der Waals surface area contributed by atoms with Crippen molar-refractivity contribution in [2.75, 3.05) is 59.0 Å². The Hall–Kier alpha value is -1.20. The molecule has 2 saturated heterocycles. The minimum absolute atomic E-state index is 0.308. The second-order valence-electron chi connectivity index (χ2n) is 8.82. The lowest BCUT2D eigenvalue weighted by Crippen LogP contribution is -2.46. The Bertz CT molecular complexity index is 572. The lowest BCUT2D eigenvalue weighted by atomic mass is 9.97. The van der Waals surface area contributed by atoms with Crippen molar-refractivity contribution in [3.05, 3.63) is 47.5 Å². The molecule has 0 bridgehead atoms. The van der Waals surface area contributed by atoms with Crippen molar-refractivity contribution >= 4 is 0 Å². The van der Waals surface area contributed by atoms with Crippen molar-refractivity contribution in [2.24, 2.45) is 0 Å². The summed E-state index contributed by atoms with van der Waals surface area (Å²) in [7, 11) is 0. The number of rotatable bonds is 9. The summed E-state index contributed by atoms with van der Waals surface area (Å²) in [6, 6.07) is 9.17. The number of benzene rings is 1. The number of hydrogen-bond donors (Lipinski definition) is 1. The molecule has 4 nitrogen and oxygen atoms in total. The molecule has 170 valence electrons. The van der Waals surface area contributed by atoms with E-state index in [9.17, 15) is 0 Å². The lowest BCUT2D eigenvalue weighted by Gasteiger charge is -2.34. The number of aliphatic hydroxyl groups excluding tert-OH is 1. The molecule has 1 aromatic carbocycles. The molecule has 2 aliphatic rings. The minimum Gasteiger partial charge on any atom is -0.396 e. The fourth-order valence-electron chi connectivity index (χ4n) is 4.13. The molecule has 0 radical (unpaired) electrons. The van der Waals surface area contributed by atoms with Crippen LogP contribution in [0, 0.1) is 0 Å². The van der Waals surface area contributed by atoms with E-state index < -0.39 is 0 Å². The van der Waals surface area contributed by atoms with E-state index in [-0.39, 0.29) is 0 Å². The number of nitrogens with zero attached hydrogens (tertiary/aromatic N) is 3. The predicted molar refractivity (Wildman–Crippen MR) is 129 cm³/mol. The van der Waals surface area contributed by atoms with Gasteiger partial charge in [-0.1, -0.05) is 50.3 Å². The van der Waals surface area contributed by atoms with Crippen molar-refractivity contribution in [1.82, 2.24) is 14.7 Å². The van der Waals surface area contributed by atoms with Crippen LogP contribution in [0.15, 0.2) is 36.4 Å². The topological polar surface area (TPSA) is 30.0 Å². The Morgan fingerprint density at radius 3 is 2.13 bits per heavy atom. The molecular weight excluding hydrogens is 370 g/mol. The summed E-state index contributed by atoms with van der Waals surface area (Å²) in [6.07, 6.45) is 9.25. The van der Waals surface area contributed by atoms with E-state index in [1.807, 2.05) is 0 Å². The summed E-state index contributed by atoms with van der Waals surface area (Å²) in [6.45, 7) is 17.3. The molecular formula is C26H45N3O. The molecule has 0 saturated carbocycles. The van der Waals surface area contributed by atoms with E-state index in [1.165, 1.54) is 43.5 Å². The summed E-state index contributed by atoms with van der Waals surface area (Å²) in [5, 5.41) is 8.89. The van der Waals surface area contributed by atoms with Gasteiger partial charge in [-0.15, -0.1) is 0 Å². The van der Waals surface area contributed by atoms with Gasteiger partial charge in [-0.3, -0.25) is 9.80 Å². The summed E-state index contributed by atoms with van der Waals surface area (Å²) >= 11 is 0. The van der Waals surface area contributed by atoms with Gasteiger partial charge < -0.3 is 10.0 Å². The van der Waals surface area contributed by atoms with Crippen LogP contribution in [0.25, 0.3) is 0 Å². The fraction of sp³-hybridized carbons (Fsp3) is 0.692. The molecule has 1 N–H and O–H groups in total. The number of aliphatic hydroxyl groups is 1. The normalized spacial score (nSPS) is 19.7. The Kier molecular flexibility index (Phi) is 12.3. The predicted octanol–water partition coefficient (Wildman–Crippen LogP) is 4.36. The molecule has 2 aliphatic heterocycles. The molecule has 30 heavy (non-hydrogen) atoms. The van der Waals surface area contributed by atoms with Gasteiger partial charge in [-0.2, -0.15) is 0 Å². The Balaban J connectivity index is 0.000000297. The highest BCUT2D eigenvalue weighted by molar-refractivity contribution is 5.25. The fourth-order valence-corrected chi connectivity index (χ4v) is 4.13. The van der Waals surface area contributed by atoms with Crippen LogP contribution in [0.5, 0.6) is 0 Å². The third-order valence-electron chi connectivity index (χ3n) is 6.46. The second-order valence-corrected chi connectivity index (χ2v) is 8.82. The van der Waals surface area contributed by atoms with Crippen LogP contribution >= 0.6 is 0 Å². The van der Waals surface area contributed by atoms with E-state index in [0.717, 1.165) is 52.2 Å². The van der Waals surface area contributed by atoms with Crippen LogP contribution in [0.2, 0.25) is 0 Å². The standard InChI is InChI=1S/C18H30N2O.C8H15N/c1-3-16(2)18-7-5-17(6-8-18)15-20-12-10-19(11-13-20)9-4-14-21;1-2-3-6-9-7-4-5-8-9/h5-8,16,21H,3-4,9-15H2,1-2H3;2-3H,4-8H2,1H3/b;3-2-. The number of likely N-dealkylation sites (tertiary alicyclic amines) is 1. The van der Waals surface area contributed by atoms with Gasteiger partial charge in [-0.25, -0.2) is 0 Å². The first-order chi connectivity index (χ1) is 14.7. The zero-order chi connectivity index (χ0) is 21.6. The molecule has 0 aromatic heterocycles. The number of piperazine rings is 1. The average Bonchev–Trinajstić information content (AvgIpc) is 3.31. The molecule has 0 spiro atoms. The number of allylic oxidation sites excluding steroid dienone is 1. The first-order valence-corrected chi connectivity index (χ1v) is 12.1. The van der Waals surface area contributed by atoms with Gasteiger partial charge in [0.15, 0.2) is 0 Å². The first-order valence-electron chi connectivity index (χ1n) is 12.1. The molecule has 2 fully saturated rings. The third-order valence-corrected chi connectivity index (χ3v) is 6.46. The van der Waals surface area contributed by atoms with Crippen LogP contribution in [-0.4, -0.2) is 78.8 Å². The molecule has 1 atom stereocenters. The Labute approximate surface area is 185 Å². The van der Waals surface area contributed by atoms with Gasteiger partial charge in [0.25, 0.3) is 0 Å². The molecule has 1 unspecified atom stereocenters. The van der Waals surface area contributed by atoms with Crippen LogP contribution in [0.3, 0.4) is 0 Å². The van der Waals surface area contributed by atoms with Crippen molar-refractivity contribution in [3.63, 3.8) is 0 Å². The Morgan fingerprint density at radius 2 is 1.57 bits per heavy atom. The highest BCUT2D eigenvalue weighted by atomic mass is 16.3. The van der Waals surface area contributed by atoms with Gasteiger partial charge in [0.1, 0.15) is 0 Å². The van der Waals surface area contributed by atoms with Gasteiger partial charge >= 0.3 is 0 Å². The summed E-state index contributed by atoms with van der Waals surface area (Å²) in [5.74, 6) is 0.661. The highest BCUT2D eigenvalue weighted by Crippen LogP contribution is 2.19. The quantitative estimate of drug-likeness (QED) is 0.607.